The maximum Gasteiger partial charge on any atom is 0.264 e. The van der Waals surface area contributed by atoms with Gasteiger partial charge in [0.15, 0.2) is 0 Å². The van der Waals surface area contributed by atoms with Gasteiger partial charge in [-0.05, 0) is 49.2 Å². The summed E-state index contributed by atoms with van der Waals surface area (Å²) in [5.41, 5.74) is 2.69. The van der Waals surface area contributed by atoms with Crippen molar-refractivity contribution in [2.24, 2.45) is 0 Å². The molecule has 1 N–H and O–H groups in total. The lowest BCUT2D eigenvalue weighted by Gasteiger charge is -2.26. The van der Waals surface area contributed by atoms with Gasteiger partial charge < -0.3 is 5.32 Å². The second kappa shape index (κ2) is 9.32. The van der Waals surface area contributed by atoms with Crippen molar-refractivity contribution >= 4 is 38.9 Å². The second-order valence-corrected chi connectivity index (χ2v) is 9.10. The van der Waals surface area contributed by atoms with Crippen LogP contribution < -0.4 is 9.62 Å². The summed E-state index contributed by atoms with van der Waals surface area (Å²) in [6, 6.07) is 20.6. The lowest BCUT2D eigenvalue weighted by atomic mass is 10.1. The third kappa shape index (κ3) is 4.83. The van der Waals surface area contributed by atoms with Crippen molar-refractivity contribution in [1.29, 1.82) is 0 Å². The van der Waals surface area contributed by atoms with E-state index in [1.165, 1.54) is 0 Å². The lowest BCUT2D eigenvalue weighted by molar-refractivity contribution is -0.114. The number of hydrogen-bond donors (Lipinski definition) is 1. The summed E-state index contributed by atoms with van der Waals surface area (Å²) >= 11 is 6.12. The summed E-state index contributed by atoms with van der Waals surface area (Å²) in [4.78, 5) is 12.9. The number of amides is 1. The molecule has 0 aliphatic heterocycles. The van der Waals surface area contributed by atoms with Gasteiger partial charge in [-0.2, -0.15) is 0 Å². The number of para-hydroxylation sites is 2. The van der Waals surface area contributed by atoms with E-state index in [1.807, 2.05) is 26.0 Å². The minimum absolute atomic E-state index is 0.129. The molecule has 156 valence electrons. The summed E-state index contributed by atoms with van der Waals surface area (Å²) in [5.74, 6) is -0.482. The first-order chi connectivity index (χ1) is 14.3. The molecule has 0 spiro atoms. The standard InChI is InChI=1S/C23H23ClN2O3S/c1-3-18-8-4-7-11-22(18)26(30(28,29)19-14-12-17(2)13-15-19)16-23(27)25-21-10-6-5-9-20(21)24/h4-15H,3,16H2,1-2H3,(H,25,27). The third-order valence-electron chi connectivity index (χ3n) is 4.69. The zero-order valence-corrected chi connectivity index (χ0v) is 18.4. The normalized spacial score (nSPS) is 11.2. The second-order valence-electron chi connectivity index (χ2n) is 6.84. The number of carbonyl (C=O) groups excluding carboxylic acids is 1. The molecule has 1 amide bonds. The van der Waals surface area contributed by atoms with E-state index in [4.69, 9.17) is 11.6 Å². The first-order valence-corrected chi connectivity index (χ1v) is 11.4. The van der Waals surface area contributed by atoms with Gasteiger partial charge in [-0.15, -0.1) is 0 Å². The van der Waals surface area contributed by atoms with Gasteiger partial charge in [0.25, 0.3) is 10.0 Å². The molecule has 0 aliphatic carbocycles. The minimum Gasteiger partial charge on any atom is -0.323 e. The van der Waals surface area contributed by atoms with Gasteiger partial charge in [-0.1, -0.05) is 66.6 Å². The monoisotopic (exact) mass is 442 g/mol. The fourth-order valence-corrected chi connectivity index (χ4v) is 4.71. The Kier molecular flexibility index (Phi) is 6.80. The number of halogens is 1. The Morgan fingerprint density at radius 1 is 0.967 bits per heavy atom. The summed E-state index contributed by atoms with van der Waals surface area (Å²) in [7, 11) is -3.96. The van der Waals surface area contributed by atoms with Gasteiger partial charge in [-0.25, -0.2) is 8.42 Å². The highest BCUT2D eigenvalue weighted by Gasteiger charge is 2.28. The van der Waals surface area contributed by atoms with Gasteiger partial charge in [0.1, 0.15) is 6.54 Å². The zero-order valence-electron chi connectivity index (χ0n) is 16.8. The third-order valence-corrected chi connectivity index (χ3v) is 6.79. The van der Waals surface area contributed by atoms with E-state index < -0.39 is 15.9 Å². The van der Waals surface area contributed by atoms with E-state index in [0.29, 0.717) is 22.8 Å². The maximum atomic E-state index is 13.5. The number of carbonyl (C=O) groups is 1. The first-order valence-electron chi connectivity index (χ1n) is 9.54. The van der Waals surface area contributed by atoms with Crippen molar-refractivity contribution in [3.8, 4) is 0 Å². The van der Waals surface area contributed by atoms with Gasteiger partial charge in [0, 0.05) is 0 Å². The van der Waals surface area contributed by atoms with E-state index >= 15 is 0 Å². The molecule has 7 heteroatoms. The molecule has 0 atom stereocenters. The molecule has 0 aliphatic rings. The zero-order chi connectivity index (χ0) is 21.7. The molecule has 0 bridgehead atoms. The molecular weight excluding hydrogens is 420 g/mol. The molecule has 0 saturated carbocycles. The predicted molar refractivity (Wildman–Crippen MR) is 122 cm³/mol. The highest BCUT2D eigenvalue weighted by molar-refractivity contribution is 7.92. The van der Waals surface area contributed by atoms with Crippen molar-refractivity contribution in [1.82, 2.24) is 0 Å². The molecule has 0 fully saturated rings. The molecule has 5 nitrogen and oxygen atoms in total. The maximum absolute atomic E-state index is 13.5. The van der Waals surface area contributed by atoms with Gasteiger partial charge in [-0.3, -0.25) is 9.10 Å². The summed E-state index contributed by atoms with van der Waals surface area (Å²) in [5, 5.41) is 3.09. The molecule has 0 saturated heterocycles. The van der Waals surface area contributed by atoms with Crippen LogP contribution in [0.15, 0.2) is 77.7 Å². The number of sulfonamides is 1. The van der Waals surface area contributed by atoms with Gasteiger partial charge in [0.05, 0.1) is 21.3 Å². The minimum atomic E-state index is -3.96. The number of anilines is 2. The number of rotatable bonds is 7. The van der Waals surface area contributed by atoms with Crippen LogP contribution in [-0.4, -0.2) is 20.9 Å². The fraction of sp³-hybridized carbons (Fsp3) is 0.174. The van der Waals surface area contributed by atoms with Crippen LogP contribution in [0.25, 0.3) is 0 Å². The van der Waals surface area contributed by atoms with Crippen LogP contribution in [0.4, 0.5) is 11.4 Å². The Bertz CT molecular complexity index is 1150. The van der Waals surface area contributed by atoms with E-state index in [0.717, 1.165) is 15.4 Å². The number of nitrogens with zero attached hydrogens (tertiary/aromatic N) is 1. The topological polar surface area (TPSA) is 66.5 Å². The van der Waals surface area contributed by atoms with Crippen molar-refractivity contribution < 1.29 is 13.2 Å². The summed E-state index contributed by atoms with van der Waals surface area (Å²) < 4.78 is 28.1. The highest BCUT2D eigenvalue weighted by atomic mass is 35.5. The van der Waals surface area contributed by atoms with E-state index in [2.05, 4.69) is 5.32 Å². The molecule has 3 aromatic carbocycles. The Morgan fingerprint density at radius 2 is 1.60 bits per heavy atom. The first kappa shape index (κ1) is 21.9. The molecule has 0 radical (unpaired) electrons. The van der Waals surface area contributed by atoms with Crippen LogP contribution in [0, 0.1) is 6.92 Å². The molecule has 0 aromatic heterocycles. The Hall–Kier alpha value is -2.83. The largest absolute Gasteiger partial charge is 0.323 e. The van der Waals surface area contributed by atoms with Crippen molar-refractivity contribution in [2.75, 3.05) is 16.2 Å². The average molecular weight is 443 g/mol. The predicted octanol–water partition coefficient (Wildman–Crippen LogP) is 5.04. The van der Waals surface area contributed by atoms with Crippen LogP contribution in [0.3, 0.4) is 0 Å². The molecule has 0 heterocycles. The van der Waals surface area contributed by atoms with E-state index in [9.17, 15) is 13.2 Å². The summed E-state index contributed by atoms with van der Waals surface area (Å²) in [6.07, 6.45) is 0.627. The molecule has 3 aromatic rings. The van der Waals surface area contributed by atoms with Crippen LogP contribution in [0.1, 0.15) is 18.1 Å². The van der Waals surface area contributed by atoms with Gasteiger partial charge >= 0.3 is 0 Å². The Balaban J connectivity index is 2.00. The van der Waals surface area contributed by atoms with Crippen LogP contribution in [0.5, 0.6) is 0 Å². The number of nitrogens with one attached hydrogen (secondary N) is 1. The SMILES string of the molecule is CCc1ccccc1N(CC(=O)Nc1ccccc1Cl)S(=O)(=O)c1ccc(C)cc1. The fourth-order valence-electron chi connectivity index (χ4n) is 3.07. The quantitative estimate of drug-likeness (QED) is 0.557. The van der Waals surface area contributed by atoms with Gasteiger partial charge in [0.2, 0.25) is 5.91 Å². The van der Waals surface area contributed by atoms with Crippen molar-refractivity contribution in [3.63, 3.8) is 0 Å². The highest BCUT2D eigenvalue weighted by Crippen LogP contribution is 2.28. The number of aryl methyl sites for hydroxylation is 2. The van der Waals surface area contributed by atoms with E-state index in [1.54, 1.807) is 60.7 Å². The van der Waals surface area contributed by atoms with Crippen LogP contribution in [-0.2, 0) is 21.2 Å². The smallest absolute Gasteiger partial charge is 0.264 e. The molecule has 0 unspecified atom stereocenters. The van der Waals surface area contributed by atoms with Crippen molar-refractivity contribution in [3.05, 3.63) is 88.9 Å². The number of benzene rings is 3. The molecule has 3 rings (SSSR count). The molecular formula is C23H23ClN2O3S. The molecule has 30 heavy (non-hydrogen) atoms. The van der Waals surface area contributed by atoms with E-state index in [-0.39, 0.29) is 11.4 Å². The average Bonchev–Trinajstić information content (AvgIpc) is 2.74. The number of hydrogen-bond acceptors (Lipinski definition) is 3. The Labute approximate surface area is 182 Å². The van der Waals surface area contributed by atoms with Crippen LogP contribution in [0.2, 0.25) is 5.02 Å². The van der Waals surface area contributed by atoms with Crippen molar-refractivity contribution in [2.45, 2.75) is 25.2 Å². The Morgan fingerprint density at radius 3 is 2.27 bits per heavy atom. The lowest BCUT2D eigenvalue weighted by Crippen LogP contribution is -2.38. The van der Waals surface area contributed by atoms with Crippen LogP contribution >= 0.6 is 11.6 Å². The summed E-state index contributed by atoms with van der Waals surface area (Å²) in [6.45, 7) is 3.45.